The third kappa shape index (κ3) is 6.50. The number of aliphatic hydroxyl groups is 1. The van der Waals surface area contributed by atoms with Crippen LogP contribution < -0.4 is 4.74 Å². The molecule has 2 saturated heterocycles. The van der Waals surface area contributed by atoms with Gasteiger partial charge in [-0.2, -0.15) is 5.26 Å². The van der Waals surface area contributed by atoms with Gasteiger partial charge in [-0.25, -0.2) is 4.79 Å². The molecule has 2 aliphatic heterocycles. The summed E-state index contributed by atoms with van der Waals surface area (Å²) in [6, 6.07) is 5.28. The molecule has 0 saturated carbocycles. The molecule has 2 aliphatic carbocycles. The van der Waals surface area contributed by atoms with Gasteiger partial charge in [0.1, 0.15) is 35.0 Å². The number of carbonyl (C=O) groups excluding carboxylic acids is 4. The van der Waals surface area contributed by atoms with Crippen LogP contribution in [0.2, 0.25) is 0 Å². The highest BCUT2D eigenvalue weighted by Gasteiger charge is 2.51. The second kappa shape index (κ2) is 14.4. The molecule has 0 radical (unpaired) electrons. The zero-order valence-corrected chi connectivity index (χ0v) is 29.5. The Bertz CT molecular complexity index is 1840. The Hall–Kier alpha value is -4.59. The molecule has 4 unspecified atom stereocenters. The van der Waals surface area contributed by atoms with Crippen LogP contribution in [-0.2, 0) is 34.9 Å². The smallest absolute Gasteiger partial charge is 0.507 e. The Morgan fingerprint density at radius 2 is 1.87 bits per heavy atom. The summed E-state index contributed by atoms with van der Waals surface area (Å²) in [5, 5.41) is 45.1. The maximum atomic E-state index is 14.0. The number of Topliss-reactive ketones (excluding diaryl/α,β-unsaturated/α-hetero) is 1. The van der Waals surface area contributed by atoms with E-state index in [1.807, 2.05) is 18.7 Å². The first-order valence-corrected chi connectivity index (χ1v) is 17.2. The van der Waals surface area contributed by atoms with Gasteiger partial charge < -0.3 is 43.7 Å². The van der Waals surface area contributed by atoms with Gasteiger partial charge in [-0.15, -0.1) is 0 Å². The van der Waals surface area contributed by atoms with Crippen LogP contribution in [0.15, 0.2) is 18.2 Å². The van der Waals surface area contributed by atoms with Gasteiger partial charge in [0.05, 0.1) is 67.9 Å². The molecule has 2 heterocycles. The van der Waals surface area contributed by atoms with E-state index in [0.29, 0.717) is 13.2 Å². The second-order valence-corrected chi connectivity index (χ2v) is 14.0. The first-order chi connectivity index (χ1) is 24.7. The van der Waals surface area contributed by atoms with Crippen molar-refractivity contribution in [1.82, 2.24) is 4.90 Å². The Kier molecular flexibility index (Phi) is 10.3. The first kappa shape index (κ1) is 37.2. The summed E-state index contributed by atoms with van der Waals surface area (Å²) in [5.41, 5.74) is -3.38. The number of hydrogen-bond acceptors (Lipinski definition) is 15. The molecule has 0 aromatic heterocycles. The number of ketones is 3. The lowest BCUT2D eigenvalue weighted by atomic mass is 9.72. The average Bonchev–Trinajstić information content (AvgIpc) is 3.11. The van der Waals surface area contributed by atoms with E-state index >= 15 is 0 Å². The van der Waals surface area contributed by atoms with E-state index in [1.165, 1.54) is 32.2 Å². The summed E-state index contributed by atoms with van der Waals surface area (Å²) < 4.78 is 34.6. The molecule has 0 spiro atoms. The summed E-state index contributed by atoms with van der Waals surface area (Å²) in [6.45, 7) is 7.44. The monoisotopic (exact) mass is 722 g/mol. The van der Waals surface area contributed by atoms with Crippen molar-refractivity contribution in [2.24, 2.45) is 5.92 Å². The van der Waals surface area contributed by atoms with E-state index in [4.69, 9.17) is 28.4 Å². The topological polar surface area (TPSA) is 211 Å². The van der Waals surface area contributed by atoms with E-state index in [-0.39, 0.29) is 53.6 Å². The Morgan fingerprint density at radius 3 is 2.54 bits per heavy atom. The van der Waals surface area contributed by atoms with Crippen molar-refractivity contribution in [3.05, 3.63) is 51.6 Å². The Labute approximate surface area is 299 Å². The van der Waals surface area contributed by atoms with Crippen LogP contribution in [0.3, 0.4) is 0 Å². The molecule has 3 N–H and O–H groups in total. The lowest BCUT2D eigenvalue weighted by Crippen LogP contribution is -2.61. The van der Waals surface area contributed by atoms with Gasteiger partial charge in [-0.1, -0.05) is 26.0 Å². The second-order valence-electron chi connectivity index (χ2n) is 14.0. The third-order valence-electron chi connectivity index (χ3n) is 10.2. The largest absolute Gasteiger partial charge is 0.508 e. The molecular formula is C37H42N2O13. The fraction of sp³-hybridized carbons (Fsp3) is 0.541. The number of fused-ring (bicyclic) bond motifs is 3. The van der Waals surface area contributed by atoms with Crippen molar-refractivity contribution in [2.45, 2.75) is 89.2 Å². The lowest BCUT2D eigenvalue weighted by molar-refractivity contribution is -0.263. The number of ether oxygens (including phenoxy) is 6. The summed E-state index contributed by atoms with van der Waals surface area (Å²) in [4.78, 5) is 55.3. The van der Waals surface area contributed by atoms with E-state index in [2.05, 4.69) is 6.07 Å². The van der Waals surface area contributed by atoms with Crippen molar-refractivity contribution >= 4 is 23.5 Å². The van der Waals surface area contributed by atoms with Crippen LogP contribution in [0.1, 0.15) is 89.6 Å². The minimum atomic E-state index is -2.10. The number of methoxy groups -OCH3 is 1. The van der Waals surface area contributed by atoms with Gasteiger partial charge in [0.25, 0.3) is 0 Å². The van der Waals surface area contributed by atoms with Crippen LogP contribution in [0.4, 0.5) is 4.79 Å². The molecule has 2 fully saturated rings. The van der Waals surface area contributed by atoms with Crippen molar-refractivity contribution < 1.29 is 62.9 Å². The van der Waals surface area contributed by atoms with Crippen molar-refractivity contribution in [2.75, 3.05) is 33.5 Å². The predicted octanol–water partition coefficient (Wildman–Crippen LogP) is 3.11. The van der Waals surface area contributed by atoms with Crippen LogP contribution in [0.25, 0.3) is 0 Å². The number of aromatic hydroxyl groups is 2. The Balaban J connectivity index is 1.40. The zero-order valence-electron chi connectivity index (χ0n) is 29.5. The van der Waals surface area contributed by atoms with Gasteiger partial charge >= 0.3 is 6.16 Å². The number of benzene rings is 2. The zero-order chi connectivity index (χ0) is 37.6. The highest BCUT2D eigenvalue weighted by molar-refractivity contribution is 6.31. The van der Waals surface area contributed by atoms with E-state index in [1.54, 1.807) is 6.92 Å². The molecule has 6 rings (SSSR count). The number of nitriles is 1. The standard InChI is InChI=1S/C37H42N2O13/c1-17(2)15-49-36(45)52-35-18(3)50-26(11-23(35)39-9-10-48-16-20(39)14-38)51-25-13-37(46,19(4)40)12-22-28(25)34(44)30-29(32(22)42)31(41)21-7-6-8-24(47-5)27(21)33(30)43/h6-8,17-18,20,23,25-26,35,42,44,46H,9-13,15-16H2,1-5H3/t18-,20?,23?,25?,26-,35?,37-/m0/s1. The minimum Gasteiger partial charge on any atom is -0.507 e. The maximum Gasteiger partial charge on any atom is 0.508 e. The quantitative estimate of drug-likeness (QED) is 0.225. The highest BCUT2D eigenvalue weighted by atomic mass is 16.7. The molecular weight excluding hydrogens is 680 g/mol. The van der Waals surface area contributed by atoms with Crippen LogP contribution in [0.5, 0.6) is 17.2 Å². The number of nitrogens with zero attached hydrogens (tertiary/aromatic N) is 2. The van der Waals surface area contributed by atoms with Crippen LogP contribution in [-0.4, -0.2) is 113 Å². The molecule has 15 heteroatoms. The molecule has 0 amide bonds. The van der Waals surface area contributed by atoms with Crippen LogP contribution in [0, 0.1) is 17.2 Å². The predicted molar refractivity (Wildman–Crippen MR) is 178 cm³/mol. The molecule has 15 nitrogen and oxygen atoms in total. The fourth-order valence-electron chi connectivity index (χ4n) is 7.59. The molecule has 278 valence electrons. The van der Waals surface area contributed by atoms with Gasteiger partial charge in [0, 0.05) is 42.5 Å². The number of hydrogen-bond donors (Lipinski definition) is 3. The molecule has 2 aromatic rings. The van der Waals surface area contributed by atoms with E-state index in [0.717, 1.165) is 0 Å². The number of phenols is 2. The summed E-state index contributed by atoms with van der Waals surface area (Å²) >= 11 is 0. The summed E-state index contributed by atoms with van der Waals surface area (Å²) in [5.74, 6) is -3.35. The van der Waals surface area contributed by atoms with Gasteiger partial charge in [0.15, 0.2) is 17.9 Å². The molecule has 7 atom stereocenters. The van der Waals surface area contributed by atoms with E-state index in [9.17, 15) is 39.8 Å². The molecule has 2 aromatic carbocycles. The van der Waals surface area contributed by atoms with Gasteiger partial charge in [-0.3, -0.25) is 19.3 Å². The number of carbonyl (C=O) groups is 4. The maximum absolute atomic E-state index is 14.0. The fourth-order valence-corrected chi connectivity index (χ4v) is 7.59. The van der Waals surface area contributed by atoms with Crippen molar-refractivity contribution in [3.63, 3.8) is 0 Å². The highest BCUT2D eigenvalue weighted by Crippen LogP contribution is 2.52. The molecule has 52 heavy (non-hydrogen) atoms. The lowest BCUT2D eigenvalue weighted by Gasteiger charge is -2.48. The van der Waals surface area contributed by atoms with E-state index < -0.39 is 101 Å². The van der Waals surface area contributed by atoms with Gasteiger partial charge in [-0.05, 0) is 25.8 Å². The number of rotatable bonds is 8. The van der Waals surface area contributed by atoms with Gasteiger partial charge in [0.2, 0.25) is 5.78 Å². The van der Waals surface area contributed by atoms with Crippen LogP contribution >= 0.6 is 0 Å². The summed E-state index contributed by atoms with van der Waals surface area (Å²) in [6.07, 6.45) is -6.01. The normalized spacial score (nSPS) is 28.7. The van der Waals surface area contributed by atoms with Crippen molar-refractivity contribution in [1.29, 1.82) is 5.26 Å². The SMILES string of the molecule is COc1cccc2c1C(=O)c1c(O)c3c(c(O)c1C2=O)C[C@@](O)(C(C)=O)CC3O[C@H]1CC(N2CCOCC2C#N)C(OC(=O)OCC(C)C)[C@H](C)O1. The first-order valence-electron chi connectivity index (χ1n) is 17.2. The number of phenolic OH excluding ortho intramolecular Hbond substituents is 2. The number of morpholine rings is 1. The molecule has 4 aliphatic rings. The van der Waals surface area contributed by atoms with Crippen molar-refractivity contribution in [3.8, 4) is 23.3 Å². The third-order valence-corrected chi connectivity index (χ3v) is 10.2. The average molecular weight is 723 g/mol. The molecule has 0 bridgehead atoms. The summed E-state index contributed by atoms with van der Waals surface area (Å²) in [7, 11) is 1.33. The minimum absolute atomic E-state index is 0.00859. The Morgan fingerprint density at radius 1 is 1.13 bits per heavy atom.